The standard InChI is InChI=1S/C10H11Cl2N/c11-8-4-3-7(5-9(8)12)10(13)6-1-2-6/h3-6,10H,1-2,13H2/t10-/m0/s1. The Bertz CT molecular complexity index is 321. The summed E-state index contributed by atoms with van der Waals surface area (Å²) in [6.07, 6.45) is 2.48. The smallest absolute Gasteiger partial charge is 0.0595 e. The zero-order chi connectivity index (χ0) is 9.42. The maximum atomic E-state index is 6.02. The minimum Gasteiger partial charge on any atom is -0.324 e. The molecule has 2 rings (SSSR count). The Balaban J connectivity index is 2.24. The van der Waals surface area contributed by atoms with Gasteiger partial charge in [0.15, 0.2) is 0 Å². The van der Waals surface area contributed by atoms with Crippen LogP contribution in [0.4, 0.5) is 0 Å². The van der Waals surface area contributed by atoms with Crippen LogP contribution in [-0.2, 0) is 0 Å². The first-order valence-electron chi connectivity index (χ1n) is 4.39. The number of nitrogens with two attached hydrogens (primary N) is 1. The maximum Gasteiger partial charge on any atom is 0.0595 e. The molecule has 0 aliphatic heterocycles. The average Bonchev–Trinajstić information content (AvgIpc) is 2.91. The molecule has 1 nitrogen and oxygen atoms in total. The van der Waals surface area contributed by atoms with Gasteiger partial charge in [0.2, 0.25) is 0 Å². The summed E-state index contributed by atoms with van der Waals surface area (Å²) in [6.45, 7) is 0. The van der Waals surface area contributed by atoms with E-state index < -0.39 is 0 Å². The van der Waals surface area contributed by atoms with E-state index >= 15 is 0 Å². The number of rotatable bonds is 2. The van der Waals surface area contributed by atoms with Crippen LogP contribution in [0.2, 0.25) is 10.0 Å². The molecule has 1 aliphatic carbocycles. The topological polar surface area (TPSA) is 26.0 Å². The molecule has 1 aromatic carbocycles. The van der Waals surface area contributed by atoms with Gasteiger partial charge >= 0.3 is 0 Å². The van der Waals surface area contributed by atoms with Crippen molar-refractivity contribution in [3.63, 3.8) is 0 Å². The Morgan fingerprint density at radius 1 is 1.23 bits per heavy atom. The van der Waals surface area contributed by atoms with E-state index in [-0.39, 0.29) is 6.04 Å². The Kier molecular flexibility index (Phi) is 2.50. The van der Waals surface area contributed by atoms with Crippen molar-refractivity contribution in [2.24, 2.45) is 11.7 Å². The first kappa shape index (κ1) is 9.32. The Morgan fingerprint density at radius 2 is 1.92 bits per heavy atom. The lowest BCUT2D eigenvalue weighted by atomic mass is 10.0. The van der Waals surface area contributed by atoms with Gasteiger partial charge in [0, 0.05) is 6.04 Å². The average molecular weight is 216 g/mol. The molecule has 1 aliphatic rings. The van der Waals surface area contributed by atoms with E-state index in [4.69, 9.17) is 28.9 Å². The molecule has 1 atom stereocenters. The molecule has 1 fully saturated rings. The van der Waals surface area contributed by atoms with Crippen LogP contribution < -0.4 is 5.73 Å². The minimum absolute atomic E-state index is 0.134. The molecule has 0 amide bonds. The Morgan fingerprint density at radius 3 is 2.46 bits per heavy atom. The van der Waals surface area contributed by atoms with Gasteiger partial charge in [0.05, 0.1) is 10.0 Å². The third-order valence-corrected chi connectivity index (χ3v) is 3.20. The van der Waals surface area contributed by atoms with Crippen molar-refractivity contribution in [3.05, 3.63) is 33.8 Å². The van der Waals surface area contributed by atoms with Crippen molar-refractivity contribution in [1.29, 1.82) is 0 Å². The van der Waals surface area contributed by atoms with Crippen LogP contribution >= 0.6 is 23.2 Å². The second kappa shape index (κ2) is 3.49. The van der Waals surface area contributed by atoms with E-state index in [1.54, 1.807) is 0 Å². The normalized spacial score (nSPS) is 18.7. The van der Waals surface area contributed by atoms with Crippen molar-refractivity contribution in [2.75, 3.05) is 0 Å². The predicted molar refractivity (Wildman–Crippen MR) is 56.1 cm³/mol. The predicted octanol–water partition coefficient (Wildman–Crippen LogP) is 3.40. The largest absolute Gasteiger partial charge is 0.324 e. The van der Waals surface area contributed by atoms with Gasteiger partial charge in [-0.25, -0.2) is 0 Å². The van der Waals surface area contributed by atoms with Crippen molar-refractivity contribution >= 4 is 23.2 Å². The van der Waals surface area contributed by atoms with E-state index in [9.17, 15) is 0 Å². The molecule has 0 unspecified atom stereocenters. The van der Waals surface area contributed by atoms with E-state index in [1.807, 2.05) is 18.2 Å². The zero-order valence-corrected chi connectivity index (χ0v) is 8.65. The van der Waals surface area contributed by atoms with Gasteiger partial charge in [0.25, 0.3) is 0 Å². The molecule has 0 saturated heterocycles. The fourth-order valence-corrected chi connectivity index (χ4v) is 1.75. The van der Waals surface area contributed by atoms with Crippen LogP contribution in [0.5, 0.6) is 0 Å². The third-order valence-electron chi connectivity index (χ3n) is 2.46. The SMILES string of the molecule is N[C@H](c1ccc(Cl)c(Cl)c1)C1CC1. The molecule has 2 N–H and O–H groups in total. The highest BCUT2D eigenvalue weighted by Gasteiger charge is 2.29. The van der Waals surface area contributed by atoms with E-state index in [0.29, 0.717) is 16.0 Å². The van der Waals surface area contributed by atoms with Gasteiger partial charge < -0.3 is 5.73 Å². The highest BCUT2D eigenvalue weighted by molar-refractivity contribution is 6.42. The fraction of sp³-hybridized carbons (Fsp3) is 0.400. The van der Waals surface area contributed by atoms with Gasteiger partial charge in [-0.1, -0.05) is 29.3 Å². The molecule has 1 saturated carbocycles. The molecule has 70 valence electrons. The number of hydrogen-bond acceptors (Lipinski definition) is 1. The summed E-state index contributed by atoms with van der Waals surface area (Å²) in [5.41, 5.74) is 7.11. The maximum absolute atomic E-state index is 6.02. The number of halogens is 2. The van der Waals surface area contributed by atoms with E-state index in [0.717, 1.165) is 5.56 Å². The molecule has 0 heterocycles. The second-order valence-corrected chi connectivity index (χ2v) is 4.35. The van der Waals surface area contributed by atoms with Crippen molar-refractivity contribution < 1.29 is 0 Å². The van der Waals surface area contributed by atoms with Crippen LogP contribution in [-0.4, -0.2) is 0 Å². The number of benzene rings is 1. The minimum atomic E-state index is 0.134. The molecule has 0 radical (unpaired) electrons. The summed E-state index contributed by atoms with van der Waals surface area (Å²) in [5, 5.41) is 1.18. The lowest BCUT2D eigenvalue weighted by Crippen LogP contribution is -2.12. The third kappa shape index (κ3) is 1.98. The summed E-state index contributed by atoms with van der Waals surface area (Å²) in [7, 11) is 0. The monoisotopic (exact) mass is 215 g/mol. The Labute approximate surface area is 87.8 Å². The van der Waals surface area contributed by atoms with Crippen LogP contribution in [0, 0.1) is 5.92 Å². The van der Waals surface area contributed by atoms with Crippen LogP contribution in [0.3, 0.4) is 0 Å². The lowest BCUT2D eigenvalue weighted by molar-refractivity contribution is 0.633. The molecule has 13 heavy (non-hydrogen) atoms. The summed E-state index contributed by atoms with van der Waals surface area (Å²) in [6, 6.07) is 5.76. The summed E-state index contributed by atoms with van der Waals surface area (Å²) in [4.78, 5) is 0. The van der Waals surface area contributed by atoms with Gasteiger partial charge in [-0.3, -0.25) is 0 Å². The molecular formula is C10H11Cl2N. The van der Waals surface area contributed by atoms with Crippen LogP contribution in [0.15, 0.2) is 18.2 Å². The Hall–Kier alpha value is -0.240. The van der Waals surface area contributed by atoms with Gasteiger partial charge in [0.1, 0.15) is 0 Å². The van der Waals surface area contributed by atoms with Gasteiger partial charge in [-0.05, 0) is 36.5 Å². The van der Waals surface area contributed by atoms with Crippen LogP contribution in [0.25, 0.3) is 0 Å². The molecule has 0 aromatic heterocycles. The first-order chi connectivity index (χ1) is 6.18. The summed E-state index contributed by atoms with van der Waals surface area (Å²) >= 11 is 11.7. The molecule has 1 aromatic rings. The van der Waals surface area contributed by atoms with Crippen molar-refractivity contribution in [1.82, 2.24) is 0 Å². The number of hydrogen-bond donors (Lipinski definition) is 1. The van der Waals surface area contributed by atoms with Crippen molar-refractivity contribution in [2.45, 2.75) is 18.9 Å². The zero-order valence-electron chi connectivity index (χ0n) is 7.13. The van der Waals surface area contributed by atoms with Gasteiger partial charge in [-0.2, -0.15) is 0 Å². The fourth-order valence-electron chi connectivity index (χ4n) is 1.45. The lowest BCUT2D eigenvalue weighted by Gasteiger charge is -2.10. The second-order valence-electron chi connectivity index (χ2n) is 3.54. The highest BCUT2D eigenvalue weighted by atomic mass is 35.5. The quantitative estimate of drug-likeness (QED) is 0.805. The molecule has 0 bridgehead atoms. The highest BCUT2D eigenvalue weighted by Crippen LogP contribution is 2.40. The summed E-state index contributed by atoms with van der Waals surface area (Å²) < 4.78 is 0. The first-order valence-corrected chi connectivity index (χ1v) is 5.14. The molecule has 3 heteroatoms. The van der Waals surface area contributed by atoms with Crippen molar-refractivity contribution in [3.8, 4) is 0 Å². The van der Waals surface area contributed by atoms with E-state index in [2.05, 4.69) is 0 Å². The summed E-state index contributed by atoms with van der Waals surface area (Å²) in [5.74, 6) is 0.650. The molecule has 0 spiro atoms. The van der Waals surface area contributed by atoms with Gasteiger partial charge in [-0.15, -0.1) is 0 Å². The molecular weight excluding hydrogens is 205 g/mol. The van der Waals surface area contributed by atoms with Crippen LogP contribution in [0.1, 0.15) is 24.4 Å². The van der Waals surface area contributed by atoms with E-state index in [1.165, 1.54) is 12.8 Å².